The van der Waals surface area contributed by atoms with Crippen molar-refractivity contribution in [3.63, 3.8) is 0 Å². The van der Waals surface area contributed by atoms with Crippen molar-refractivity contribution >= 4 is 23.1 Å². The van der Waals surface area contributed by atoms with Crippen LogP contribution in [0.5, 0.6) is 0 Å². The topological polar surface area (TPSA) is 58.6 Å². The molecule has 2 aromatic carbocycles. The van der Waals surface area contributed by atoms with Crippen LogP contribution < -0.4 is 5.32 Å². The van der Waals surface area contributed by atoms with E-state index in [2.05, 4.69) is 5.32 Å². The Morgan fingerprint density at radius 3 is 2.35 bits per heavy atom. The average Bonchev–Trinajstić information content (AvgIpc) is 2.87. The molecule has 0 bridgehead atoms. The van der Waals surface area contributed by atoms with Crippen LogP contribution in [0.25, 0.3) is 5.57 Å². The third-order valence-corrected chi connectivity index (χ3v) is 4.53. The molecule has 1 aliphatic heterocycles. The quantitative estimate of drug-likeness (QED) is 0.813. The molecule has 134 valence electrons. The van der Waals surface area contributed by atoms with Crippen LogP contribution in [0.1, 0.15) is 16.7 Å². The zero-order chi connectivity index (χ0) is 18.7. The minimum atomic E-state index is -0.330. The molecule has 26 heavy (non-hydrogen) atoms. The number of carbonyl (C=O) groups is 2. The minimum absolute atomic E-state index is 0.225. The highest BCUT2D eigenvalue weighted by molar-refractivity contribution is 6.36. The van der Waals surface area contributed by atoms with E-state index >= 15 is 0 Å². The van der Waals surface area contributed by atoms with Crippen LogP contribution in [0.3, 0.4) is 0 Å². The van der Waals surface area contributed by atoms with Crippen molar-refractivity contribution in [2.75, 3.05) is 25.6 Å². The molecule has 1 N–H and O–H groups in total. The number of nitrogens with one attached hydrogen (secondary N) is 1. The summed E-state index contributed by atoms with van der Waals surface area (Å²) in [5.41, 5.74) is 4.42. The van der Waals surface area contributed by atoms with Gasteiger partial charge in [-0.25, -0.2) is 0 Å². The molecule has 3 rings (SSSR count). The van der Waals surface area contributed by atoms with Gasteiger partial charge in [-0.3, -0.25) is 14.5 Å². The van der Waals surface area contributed by atoms with E-state index < -0.39 is 0 Å². The lowest BCUT2D eigenvalue weighted by Gasteiger charge is -2.14. The first kappa shape index (κ1) is 17.9. The molecule has 0 aliphatic carbocycles. The monoisotopic (exact) mass is 350 g/mol. The predicted molar refractivity (Wildman–Crippen MR) is 101 cm³/mol. The Morgan fingerprint density at radius 1 is 0.962 bits per heavy atom. The summed E-state index contributed by atoms with van der Waals surface area (Å²) in [4.78, 5) is 27.1. The van der Waals surface area contributed by atoms with Crippen molar-refractivity contribution in [2.45, 2.75) is 13.8 Å². The number of rotatable bonds is 6. The molecular formula is C21H22N2O3. The summed E-state index contributed by atoms with van der Waals surface area (Å²) in [7, 11) is 1.55. The molecule has 1 heterocycles. The molecule has 0 unspecified atom stereocenters. The first-order valence-electron chi connectivity index (χ1n) is 8.52. The summed E-state index contributed by atoms with van der Waals surface area (Å²) in [5.74, 6) is -0.627. The number of para-hydroxylation sites is 1. The van der Waals surface area contributed by atoms with Crippen molar-refractivity contribution in [3.8, 4) is 0 Å². The Hall–Kier alpha value is -2.92. The van der Waals surface area contributed by atoms with Crippen LogP contribution in [0.2, 0.25) is 0 Å². The summed E-state index contributed by atoms with van der Waals surface area (Å²) in [6, 6.07) is 15.2. The number of imide groups is 1. The van der Waals surface area contributed by atoms with E-state index in [-0.39, 0.29) is 18.4 Å². The highest BCUT2D eigenvalue weighted by Gasteiger charge is 2.39. The second-order valence-electron chi connectivity index (χ2n) is 6.29. The predicted octanol–water partition coefficient (Wildman–Crippen LogP) is 3.14. The number of hydrogen-bond acceptors (Lipinski definition) is 4. The molecule has 5 nitrogen and oxygen atoms in total. The molecule has 0 radical (unpaired) electrons. The minimum Gasteiger partial charge on any atom is -0.383 e. The van der Waals surface area contributed by atoms with Crippen LogP contribution in [-0.2, 0) is 14.3 Å². The molecular weight excluding hydrogens is 328 g/mol. The normalized spacial score (nSPS) is 14.3. The van der Waals surface area contributed by atoms with Crippen LogP contribution in [0.4, 0.5) is 5.69 Å². The average molecular weight is 350 g/mol. The smallest absolute Gasteiger partial charge is 0.278 e. The second kappa shape index (κ2) is 7.54. The zero-order valence-electron chi connectivity index (χ0n) is 15.2. The van der Waals surface area contributed by atoms with Gasteiger partial charge < -0.3 is 10.1 Å². The van der Waals surface area contributed by atoms with Crippen molar-refractivity contribution in [2.24, 2.45) is 0 Å². The fourth-order valence-electron chi connectivity index (χ4n) is 2.91. The molecule has 0 aromatic heterocycles. The summed E-state index contributed by atoms with van der Waals surface area (Å²) in [5, 5.41) is 3.14. The van der Waals surface area contributed by atoms with Crippen LogP contribution in [-0.4, -0.2) is 37.0 Å². The largest absolute Gasteiger partial charge is 0.383 e. The highest BCUT2D eigenvalue weighted by atomic mass is 16.5. The Bertz CT molecular complexity index is 872. The zero-order valence-corrected chi connectivity index (χ0v) is 15.2. The summed E-state index contributed by atoms with van der Waals surface area (Å²) < 4.78 is 5.04. The first-order valence-corrected chi connectivity index (χ1v) is 8.52. The van der Waals surface area contributed by atoms with Gasteiger partial charge in [0.05, 0.1) is 18.7 Å². The number of hydrogen-bond donors (Lipinski definition) is 1. The fourth-order valence-corrected chi connectivity index (χ4v) is 2.91. The number of anilines is 1. The van der Waals surface area contributed by atoms with Crippen LogP contribution in [0, 0.1) is 13.8 Å². The van der Waals surface area contributed by atoms with Gasteiger partial charge in [0, 0.05) is 12.8 Å². The number of nitrogens with zero attached hydrogens (tertiary/aromatic N) is 1. The Morgan fingerprint density at radius 2 is 1.69 bits per heavy atom. The van der Waals surface area contributed by atoms with Crippen molar-refractivity contribution in [1.82, 2.24) is 4.90 Å². The first-order chi connectivity index (χ1) is 12.5. The van der Waals surface area contributed by atoms with Gasteiger partial charge in [0.1, 0.15) is 5.70 Å². The summed E-state index contributed by atoms with van der Waals surface area (Å²) in [6.07, 6.45) is 0. The Labute approximate surface area is 153 Å². The van der Waals surface area contributed by atoms with E-state index in [4.69, 9.17) is 4.74 Å². The van der Waals surface area contributed by atoms with E-state index in [0.29, 0.717) is 17.9 Å². The summed E-state index contributed by atoms with van der Waals surface area (Å²) >= 11 is 0. The van der Waals surface area contributed by atoms with Gasteiger partial charge in [0.15, 0.2) is 0 Å². The number of carbonyl (C=O) groups excluding carboxylic acids is 2. The molecule has 0 saturated carbocycles. The molecule has 0 atom stereocenters. The van der Waals surface area contributed by atoms with E-state index in [1.807, 2.05) is 62.4 Å². The SMILES string of the molecule is COCCN1C(=O)C(Nc2ccccc2)=C(c2ccc(C)c(C)c2)C1=O. The van der Waals surface area contributed by atoms with E-state index in [1.54, 1.807) is 7.11 Å². The van der Waals surface area contributed by atoms with Gasteiger partial charge >= 0.3 is 0 Å². The third kappa shape index (κ3) is 3.39. The van der Waals surface area contributed by atoms with E-state index in [9.17, 15) is 9.59 Å². The van der Waals surface area contributed by atoms with Gasteiger partial charge in [0.2, 0.25) is 0 Å². The number of benzene rings is 2. The molecule has 0 spiro atoms. The van der Waals surface area contributed by atoms with Crippen LogP contribution in [0.15, 0.2) is 54.2 Å². The lowest BCUT2D eigenvalue weighted by Crippen LogP contribution is -2.35. The van der Waals surface area contributed by atoms with E-state index in [0.717, 1.165) is 22.4 Å². The lowest BCUT2D eigenvalue weighted by atomic mass is 9.99. The Balaban J connectivity index is 2.06. The maximum Gasteiger partial charge on any atom is 0.278 e. The van der Waals surface area contributed by atoms with Crippen molar-refractivity contribution in [1.29, 1.82) is 0 Å². The fraction of sp³-hybridized carbons (Fsp3) is 0.238. The maximum absolute atomic E-state index is 13.0. The molecule has 1 aliphatic rings. The van der Waals surface area contributed by atoms with Gasteiger partial charge in [-0.15, -0.1) is 0 Å². The number of aryl methyl sites for hydroxylation is 2. The Kier molecular flexibility index (Phi) is 5.19. The van der Waals surface area contributed by atoms with E-state index in [1.165, 1.54) is 4.90 Å². The lowest BCUT2D eigenvalue weighted by molar-refractivity contribution is -0.137. The number of methoxy groups -OCH3 is 1. The maximum atomic E-state index is 13.0. The van der Waals surface area contributed by atoms with Gasteiger partial charge in [-0.1, -0.05) is 36.4 Å². The molecule has 2 amide bonds. The number of amides is 2. The van der Waals surface area contributed by atoms with Crippen molar-refractivity contribution in [3.05, 3.63) is 70.9 Å². The van der Waals surface area contributed by atoms with Gasteiger partial charge in [-0.2, -0.15) is 0 Å². The van der Waals surface area contributed by atoms with Crippen LogP contribution >= 0.6 is 0 Å². The molecule has 2 aromatic rings. The van der Waals surface area contributed by atoms with Crippen molar-refractivity contribution < 1.29 is 14.3 Å². The van der Waals surface area contributed by atoms with Gasteiger partial charge in [0.25, 0.3) is 11.8 Å². The highest BCUT2D eigenvalue weighted by Crippen LogP contribution is 2.31. The molecule has 0 fully saturated rings. The molecule has 0 saturated heterocycles. The standard InChI is InChI=1S/C21H22N2O3/c1-14-9-10-16(13-15(14)2)18-19(22-17-7-5-4-6-8-17)21(25)23(20(18)24)11-12-26-3/h4-10,13,22H,11-12H2,1-3H3. The van der Waals surface area contributed by atoms with Gasteiger partial charge in [-0.05, 0) is 42.7 Å². The molecule has 5 heteroatoms. The number of ether oxygens (including phenoxy) is 1. The summed E-state index contributed by atoms with van der Waals surface area (Å²) in [6.45, 7) is 4.54. The third-order valence-electron chi connectivity index (χ3n) is 4.53. The second-order valence-corrected chi connectivity index (χ2v) is 6.29.